The molecule has 0 atom stereocenters. The fourth-order valence-corrected chi connectivity index (χ4v) is 1.72. The van der Waals surface area contributed by atoms with Gasteiger partial charge < -0.3 is 16.0 Å². The minimum Gasteiger partial charge on any atom is -0.384 e. The summed E-state index contributed by atoms with van der Waals surface area (Å²) in [6.45, 7) is 3.76. The molecule has 1 aliphatic rings. The van der Waals surface area contributed by atoms with Crippen molar-refractivity contribution >= 4 is 17.4 Å². The summed E-state index contributed by atoms with van der Waals surface area (Å²) in [7, 11) is 0. The van der Waals surface area contributed by atoms with Gasteiger partial charge in [0, 0.05) is 13.1 Å². The first kappa shape index (κ1) is 9.92. The molecule has 1 saturated heterocycles. The lowest BCUT2D eigenvalue weighted by atomic mass is 10.2. The van der Waals surface area contributed by atoms with Gasteiger partial charge in [0.25, 0.3) is 0 Å². The first-order valence-corrected chi connectivity index (χ1v) is 4.92. The van der Waals surface area contributed by atoms with Gasteiger partial charge in [-0.1, -0.05) is 0 Å². The van der Waals surface area contributed by atoms with Gasteiger partial charge in [0.1, 0.15) is 5.82 Å². The van der Waals surface area contributed by atoms with Crippen molar-refractivity contribution in [3.63, 3.8) is 0 Å². The molecule has 2 rings (SSSR count). The molecule has 0 radical (unpaired) electrons. The van der Waals surface area contributed by atoms with Crippen molar-refractivity contribution < 1.29 is 4.79 Å². The Hall–Kier alpha value is -1.62. The molecular weight excluding hydrogens is 192 g/mol. The van der Waals surface area contributed by atoms with Gasteiger partial charge in [-0.3, -0.25) is 4.79 Å². The van der Waals surface area contributed by atoms with E-state index in [1.165, 1.54) is 0 Å². The number of carbonyl (C=O) groups excluding carboxylic acids is 1. The number of amides is 1. The van der Waals surface area contributed by atoms with Crippen LogP contribution in [-0.2, 0) is 4.79 Å². The SMILES string of the molecule is Cc1nc(N)ccc1N1CCNCC1=O. The normalized spacial score (nSPS) is 16.9. The number of aromatic nitrogens is 1. The fourth-order valence-electron chi connectivity index (χ4n) is 1.72. The van der Waals surface area contributed by atoms with Crippen LogP contribution in [0.25, 0.3) is 0 Å². The summed E-state index contributed by atoms with van der Waals surface area (Å²) >= 11 is 0. The molecule has 0 aliphatic carbocycles. The molecule has 15 heavy (non-hydrogen) atoms. The molecule has 1 aromatic heterocycles. The first-order chi connectivity index (χ1) is 7.18. The third-order valence-corrected chi connectivity index (χ3v) is 2.46. The van der Waals surface area contributed by atoms with Crippen LogP contribution in [0.3, 0.4) is 0 Å². The van der Waals surface area contributed by atoms with E-state index in [-0.39, 0.29) is 5.91 Å². The van der Waals surface area contributed by atoms with Crippen molar-refractivity contribution in [1.82, 2.24) is 10.3 Å². The third kappa shape index (κ3) is 1.92. The standard InChI is InChI=1S/C10H14N4O/c1-7-8(2-3-9(11)13-7)14-5-4-12-6-10(14)15/h2-3,12H,4-6H2,1H3,(H2,11,13). The number of nitrogens with one attached hydrogen (secondary N) is 1. The van der Waals surface area contributed by atoms with Gasteiger partial charge in [0.15, 0.2) is 0 Å². The minimum atomic E-state index is 0.0796. The molecule has 3 N–H and O–H groups in total. The van der Waals surface area contributed by atoms with Crippen molar-refractivity contribution in [3.8, 4) is 0 Å². The Morgan fingerprint density at radius 3 is 3.00 bits per heavy atom. The smallest absolute Gasteiger partial charge is 0.241 e. The van der Waals surface area contributed by atoms with Crippen LogP contribution in [0.5, 0.6) is 0 Å². The Morgan fingerprint density at radius 2 is 2.33 bits per heavy atom. The molecule has 0 aromatic carbocycles. The average molecular weight is 206 g/mol. The zero-order chi connectivity index (χ0) is 10.8. The zero-order valence-electron chi connectivity index (χ0n) is 8.66. The topological polar surface area (TPSA) is 71.2 Å². The second-order valence-corrected chi connectivity index (χ2v) is 3.56. The summed E-state index contributed by atoms with van der Waals surface area (Å²) in [6.07, 6.45) is 0. The van der Waals surface area contributed by atoms with E-state index in [2.05, 4.69) is 10.3 Å². The molecule has 0 saturated carbocycles. The quantitative estimate of drug-likeness (QED) is 0.673. The monoisotopic (exact) mass is 206 g/mol. The number of carbonyl (C=O) groups is 1. The van der Waals surface area contributed by atoms with Gasteiger partial charge in [-0.15, -0.1) is 0 Å². The van der Waals surface area contributed by atoms with Crippen LogP contribution >= 0.6 is 0 Å². The molecule has 5 nitrogen and oxygen atoms in total. The fraction of sp³-hybridized carbons (Fsp3) is 0.400. The largest absolute Gasteiger partial charge is 0.384 e. The van der Waals surface area contributed by atoms with Crippen LogP contribution in [0.1, 0.15) is 5.69 Å². The predicted molar refractivity (Wildman–Crippen MR) is 58.6 cm³/mol. The van der Waals surface area contributed by atoms with Gasteiger partial charge >= 0.3 is 0 Å². The summed E-state index contributed by atoms with van der Waals surface area (Å²) in [5.41, 5.74) is 7.22. The molecule has 1 aliphatic heterocycles. The van der Waals surface area contributed by atoms with Gasteiger partial charge in [-0.25, -0.2) is 4.98 Å². The summed E-state index contributed by atoms with van der Waals surface area (Å²) in [5.74, 6) is 0.565. The number of nitrogens with two attached hydrogens (primary N) is 1. The highest BCUT2D eigenvalue weighted by atomic mass is 16.2. The Labute approximate surface area is 88.3 Å². The summed E-state index contributed by atoms with van der Waals surface area (Å²) in [6, 6.07) is 3.57. The molecule has 2 heterocycles. The van der Waals surface area contributed by atoms with Crippen LogP contribution in [0.2, 0.25) is 0 Å². The number of nitrogens with zero attached hydrogens (tertiary/aromatic N) is 2. The Bertz CT molecular complexity index is 391. The maximum absolute atomic E-state index is 11.6. The van der Waals surface area contributed by atoms with Crippen LogP contribution in [0, 0.1) is 6.92 Å². The summed E-state index contributed by atoms with van der Waals surface area (Å²) in [5, 5.41) is 3.03. The predicted octanol–water partition coefficient (Wildman–Crippen LogP) is -0.0916. The Kier molecular flexibility index (Phi) is 2.55. The van der Waals surface area contributed by atoms with Crippen molar-refractivity contribution in [2.24, 2.45) is 0 Å². The van der Waals surface area contributed by atoms with E-state index >= 15 is 0 Å². The Morgan fingerprint density at radius 1 is 1.53 bits per heavy atom. The molecule has 1 amide bonds. The first-order valence-electron chi connectivity index (χ1n) is 4.92. The molecule has 1 fully saturated rings. The lowest BCUT2D eigenvalue weighted by Crippen LogP contribution is -2.48. The highest BCUT2D eigenvalue weighted by Crippen LogP contribution is 2.20. The number of rotatable bonds is 1. The number of piperazine rings is 1. The van der Waals surface area contributed by atoms with Gasteiger partial charge in [0.2, 0.25) is 5.91 Å². The number of anilines is 2. The van der Waals surface area contributed by atoms with Crippen molar-refractivity contribution in [1.29, 1.82) is 0 Å². The molecule has 1 aromatic rings. The lowest BCUT2D eigenvalue weighted by Gasteiger charge is -2.28. The van der Waals surface area contributed by atoms with E-state index < -0.39 is 0 Å². The number of pyridine rings is 1. The number of hydrogen-bond acceptors (Lipinski definition) is 4. The van der Waals surface area contributed by atoms with E-state index in [4.69, 9.17) is 5.73 Å². The zero-order valence-corrected chi connectivity index (χ0v) is 8.66. The van der Waals surface area contributed by atoms with Crippen molar-refractivity contribution in [3.05, 3.63) is 17.8 Å². The lowest BCUT2D eigenvalue weighted by molar-refractivity contribution is -0.118. The van der Waals surface area contributed by atoms with E-state index in [1.807, 2.05) is 13.0 Å². The van der Waals surface area contributed by atoms with E-state index in [1.54, 1.807) is 11.0 Å². The van der Waals surface area contributed by atoms with Crippen molar-refractivity contribution in [2.75, 3.05) is 30.3 Å². The van der Waals surface area contributed by atoms with Crippen molar-refractivity contribution in [2.45, 2.75) is 6.92 Å². The maximum atomic E-state index is 11.6. The molecule has 80 valence electrons. The maximum Gasteiger partial charge on any atom is 0.241 e. The molecule has 0 spiro atoms. The van der Waals surface area contributed by atoms with Crippen LogP contribution in [0.15, 0.2) is 12.1 Å². The van der Waals surface area contributed by atoms with Crippen LogP contribution in [-0.4, -0.2) is 30.5 Å². The van der Waals surface area contributed by atoms with Gasteiger partial charge in [0.05, 0.1) is 17.9 Å². The van der Waals surface area contributed by atoms with Gasteiger partial charge in [-0.2, -0.15) is 0 Å². The second kappa shape index (κ2) is 3.86. The number of nitrogen functional groups attached to an aromatic ring is 1. The van der Waals surface area contributed by atoms with E-state index in [9.17, 15) is 4.79 Å². The third-order valence-electron chi connectivity index (χ3n) is 2.46. The number of aryl methyl sites for hydroxylation is 1. The highest BCUT2D eigenvalue weighted by Gasteiger charge is 2.20. The highest BCUT2D eigenvalue weighted by molar-refractivity contribution is 5.96. The van der Waals surface area contributed by atoms with Crippen LogP contribution in [0.4, 0.5) is 11.5 Å². The molecule has 5 heteroatoms. The van der Waals surface area contributed by atoms with E-state index in [0.717, 1.165) is 17.9 Å². The van der Waals surface area contributed by atoms with E-state index in [0.29, 0.717) is 18.9 Å². The average Bonchev–Trinajstić information content (AvgIpc) is 2.20. The van der Waals surface area contributed by atoms with Crippen LogP contribution < -0.4 is 16.0 Å². The van der Waals surface area contributed by atoms with Gasteiger partial charge in [-0.05, 0) is 19.1 Å². The Balaban J connectivity index is 2.31. The summed E-state index contributed by atoms with van der Waals surface area (Å²) in [4.78, 5) is 17.5. The summed E-state index contributed by atoms with van der Waals surface area (Å²) < 4.78 is 0. The second-order valence-electron chi connectivity index (χ2n) is 3.56. The molecular formula is C10H14N4O. The minimum absolute atomic E-state index is 0.0796. The molecule has 0 unspecified atom stereocenters. The molecule has 0 bridgehead atoms. The number of hydrogen-bond donors (Lipinski definition) is 2.